The Balaban J connectivity index is 2.30. The normalized spacial score (nSPS) is 9.50. The van der Waals surface area contributed by atoms with Crippen molar-refractivity contribution in [3.05, 3.63) is 34.9 Å². The summed E-state index contributed by atoms with van der Waals surface area (Å²) in [4.78, 5) is 11.5. The van der Waals surface area contributed by atoms with E-state index >= 15 is 0 Å². The third kappa shape index (κ3) is 4.30. The molecule has 0 aliphatic rings. The predicted molar refractivity (Wildman–Crippen MR) is 60.0 cm³/mol. The number of hydrogen-bond acceptors (Lipinski definition) is 3. The predicted octanol–water partition coefficient (Wildman–Crippen LogP) is 1.96. The zero-order chi connectivity index (χ0) is 11.8. The van der Waals surface area contributed by atoms with Crippen molar-refractivity contribution in [1.82, 2.24) is 5.32 Å². The topological polar surface area (TPSA) is 62.1 Å². The van der Waals surface area contributed by atoms with E-state index in [1.807, 2.05) is 6.07 Å². The van der Waals surface area contributed by atoms with Crippen LogP contribution in [0.25, 0.3) is 0 Å². The maximum atomic E-state index is 11.5. The Bertz CT molecular complexity index is 384. The van der Waals surface area contributed by atoms with Crippen molar-refractivity contribution in [3.8, 4) is 6.07 Å². The number of nitriles is 1. The van der Waals surface area contributed by atoms with Gasteiger partial charge in [0.15, 0.2) is 0 Å². The number of carbonyl (C=O) groups excluding carboxylic acids is 1. The van der Waals surface area contributed by atoms with Gasteiger partial charge in [0.25, 0.3) is 5.91 Å². The molecule has 5 heteroatoms. The van der Waals surface area contributed by atoms with Gasteiger partial charge in [-0.25, -0.2) is 0 Å². The minimum Gasteiger partial charge on any atom is -0.360 e. The average molecular weight is 239 g/mol. The summed E-state index contributed by atoms with van der Waals surface area (Å²) in [6, 6.07) is 8.50. The highest BCUT2D eigenvalue weighted by molar-refractivity contribution is 6.30. The van der Waals surface area contributed by atoms with Crippen LogP contribution in [-0.4, -0.2) is 19.2 Å². The van der Waals surface area contributed by atoms with Crippen molar-refractivity contribution < 1.29 is 9.53 Å². The smallest absolute Gasteiger partial charge is 0.253 e. The maximum absolute atomic E-state index is 11.5. The van der Waals surface area contributed by atoms with Gasteiger partial charge in [0.1, 0.15) is 6.73 Å². The molecular formula is C11H11ClN2O2. The van der Waals surface area contributed by atoms with Crippen molar-refractivity contribution in [1.29, 1.82) is 5.26 Å². The molecule has 0 spiro atoms. The SMILES string of the molecule is N#CCCOCNC(=O)c1ccc(Cl)cc1. The van der Waals surface area contributed by atoms with Crippen LogP contribution in [0, 0.1) is 11.3 Å². The second-order valence-corrected chi connectivity index (χ2v) is 3.41. The average Bonchev–Trinajstić information content (AvgIpc) is 2.29. The number of rotatable bonds is 5. The lowest BCUT2D eigenvalue weighted by atomic mass is 10.2. The van der Waals surface area contributed by atoms with Gasteiger partial charge in [0.05, 0.1) is 19.1 Å². The van der Waals surface area contributed by atoms with Crippen LogP contribution < -0.4 is 5.32 Å². The molecule has 0 aromatic heterocycles. The van der Waals surface area contributed by atoms with E-state index < -0.39 is 0 Å². The Hall–Kier alpha value is -1.57. The molecule has 16 heavy (non-hydrogen) atoms. The van der Waals surface area contributed by atoms with Crippen LogP contribution >= 0.6 is 11.6 Å². The van der Waals surface area contributed by atoms with Crippen LogP contribution in [0.2, 0.25) is 5.02 Å². The van der Waals surface area contributed by atoms with E-state index in [4.69, 9.17) is 21.6 Å². The Kier molecular flexibility index (Phi) is 5.34. The molecule has 0 saturated heterocycles. The number of carbonyl (C=O) groups is 1. The summed E-state index contributed by atoms with van der Waals surface area (Å²) in [5.41, 5.74) is 0.522. The summed E-state index contributed by atoms with van der Waals surface area (Å²) in [6.45, 7) is 0.417. The van der Waals surface area contributed by atoms with Crippen LogP contribution in [0.15, 0.2) is 24.3 Å². The standard InChI is InChI=1S/C11H11ClN2O2/c12-10-4-2-9(3-5-10)11(15)14-8-16-7-1-6-13/h2-5H,1,7-8H2,(H,14,15). The molecule has 1 aromatic rings. The first-order valence-corrected chi connectivity index (χ1v) is 5.10. The molecule has 4 nitrogen and oxygen atoms in total. The molecule has 0 unspecified atom stereocenters. The first-order chi connectivity index (χ1) is 7.74. The second-order valence-electron chi connectivity index (χ2n) is 2.97. The molecule has 0 aliphatic heterocycles. The highest BCUT2D eigenvalue weighted by Crippen LogP contribution is 2.09. The summed E-state index contributed by atoms with van der Waals surface area (Å²) >= 11 is 5.69. The molecule has 0 saturated carbocycles. The van der Waals surface area contributed by atoms with Crippen molar-refractivity contribution in [2.45, 2.75) is 6.42 Å². The molecule has 84 valence electrons. The van der Waals surface area contributed by atoms with Crippen LogP contribution in [-0.2, 0) is 4.74 Å². The fraction of sp³-hybridized carbons (Fsp3) is 0.273. The number of benzene rings is 1. The quantitative estimate of drug-likeness (QED) is 0.630. The van der Waals surface area contributed by atoms with Crippen LogP contribution in [0.1, 0.15) is 16.8 Å². The van der Waals surface area contributed by atoms with Crippen LogP contribution in [0.3, 0.4) is 0 Å². The number of halogens is 1. The minimum atomic E-state index is -0.228. The number of hydrogen-bond donors (Lipinski definition) is 1. The largest absolute Gasteiger partial charge is 0.360 e. The van der Waals surface area contributed by atoms with Crippen LogP contribution in [0.4, 0.5) is 0 Å². The molecule has 1 aromatic carbocycles. The monoisotopic (exact) mass is 238 g/mol. The Morgan fingerprint density at radius 2 is 2.12 bits per heavy atom. The van der Waals surface area contributed by atoms with Gasteiger partial charge in [-0.2, -0.15) is 5.26 Å². The highest BCUT2D eigenvalue weighted by atomic mass is 35.5. The zero-order valence-corrected chi connectivity index (χ0v) is 9.33. The number of nitrogens with one attached hydrogen (secondary N) is 1. The summed E-state index contributed by atoms with van der Waals surface area (Å²) in [5.74, 6) is -0.228. The van der Waals surface area contributed by atoms with Crippen molar-refractivity contribution in [2.75, 3.05) is 13.3 Å². The van der Waals surface area contributed by atoms with E-state index in [1.165, 1.54) is 0 Å². The molecule has 0 heterocycles. The van der Waals surface area contributed by atoms with E-state index in [9.17, 15) is 4.79 Å². The van der Waals surface area contributed by atoms with Gasteiger partial charge < -0.3 is 10.1 Å². The van der Waals surface area contributed by atoms with Crippen molar-refractivity contribution >= 4 is 17.5 Å². The lowest BCUT2D eigenvalue weighted by molar-refractivity contribution is 0.0803. The van der Waals surface area contributed by atoms with Gasteiger partial charge >= 0.3 is 0 Å². The van der Waals surface area contributed by atoms with Crippen molar-refractivity contribution in [2.24, 2.45) is 0 Å². The Morgan fingerprint density at radius 1 is 1.44 bits per heavy atom. The molecule has 0 atom stereocenters. The molecular weight excluding hydrogens is 228 g/mol. The molecule has 0 bridgehead atoms. The number of nitrogens with zero attached hydrogens (tertiary/aromatic N) is 1. The van der Waals surface area contributed by atoms with Crippen LogP contribution in [0.5, 0.6) is 0 Å². The third-order valence-electron chi connectivity index (χ3n) is 1.80. The first kappa shape index (κ1) is 12.5. The Morgan fingerprint density at radius 3 is 2.75 bits per heavy atom. The maximum Gasteiger partial charge on any atom is 0.253 e. The third-order valence-corrected chi connectivity index (χ3v) is 2.05. The molecule has 1 rings (SSSR count). The lowest BCUT2D eigenvalue weighted by Crippen LogP contribution is -2.26. The highest BCUT2D eigenvalue weighted by Gasteiger charge is 2.03. The van der Waals surface area contributed by atoms with E-state index in [0.29, 0.717) is 23.6 Å². The lowest BCUT2D eigenvalue weighted by Gasteiger charge is -2.05. The molecule has 0 aliphatic carbocycles. The fourth-order valence-corrected chi connectivity index (χ4v) is 1.14. The second kappa shape index (κ2) is 6.83. The molecule has 1 amide bonds. The summed E-state index contributed by atoms with van der Waals surface area (Å²) < 4.78 is 5.01. The molecule has 0 fully saturated rings. The van der Waals surface area contributed by atoms with Crippen molar-refractivity contribution in [3.63, 3.8) is 0 Å². The van der Waals surface area contributed by atoms with Gasteiger partial charge in [-0.1, -0.05) is 11.6 Å². The molecule has 0 radical (unpaired) electrons. The first-order valence-electron chi connectivity index (χ1n) is 4.72. The van der Waals surface area contributed by atoms with E-state index in [0.717, 1.165) is 0 Å². The summed E-state index contributed by atoms with van der Waals surface area (Å²) in [5, 5.41) is 11.4. The minimum absolute atomic E-state index is 0.100. The fourth-order valence-electron chi connectivity index (χ4n) is 1.01. The van der Waals surface area contributed by atoms with Gasteiger partial charge in [-0.3, -0.25) is 4.79 Å². The van der Waals surface area contributed by atoms with Gasteiger partial charge in [-0.05, 0) is 24.3 Å². The summed E-state index contributed by atoms with van der Waals surface area (Å²) in [6.07, 6.45) is 0.316. The van der Waals surface area contributed by atoms with Gasteiger partial charge in [-0.15, -0.1) is 0 Å². The number of ether oxygens (including phenoxy) is 1. The van der Waals surface area contributed by atoms with E-state index in [1.54, 1.807) is 24.3 Å². The van der Waals surface area contributed by atoms with Gasteiger partial charge in [0, 0.05) is 10.6 Å². The Labute approximate surface area is 98.8 Å². The van der Waals surface area contributed by atoms with E-state index in [2.05, 4.69) is 5.32 Å². The molecule has 1 N–H and O–H groups in total. The van der Waals surface area contributed by atoms with Gasteiger partial charge in [0.2, 0.25) is 0 Å². The number of amides is 1. The van der Waals surface area contributed by atoms with E-state index in [-0.39, 0.29) is 12.6 Å². The summed E-state index contributed by atoms with van der Waals surface area (Å²) in [7, 11) is 0. The zero-order valence-electron chi connectivity index (χ0n) is 8.57.